The van der Waals surface area contributed by atoms with Crippen LogP contribution < -0.4 is 11.5 Å². The Morgan fingerprint density at radius 1 is 0.882 bits per heavy atom. The molecule has 0 radical (unpaired) electrons. The van der Waals surface area contributed by atoms with Gasteiger partial charge >= 0.3 is 5.97 Å². The Balaban J connectivity index is 0.000000181. The number of nitrogens with two attached hydrogens (primary N) is 2. The summed E-state index contributed by atoms with van der Waals surface area (Å²) in [6, 6.07) is 15.7. The van der Waals surface area contributed by atoms with Crippen LogP contribution in [0.1, 0.15) is 10.4 Å². The minimum absolute atomic E-state index is 0.222. The molecular formula is C13H14N2O2. The summed E-state index contributed by atoms with van der Waals surface area (Å²) in [7, 11) is 0. The number of hydrogen-bond donors (Lipinski definition) is 3. The van der Waals surface area contributed by atoms with Gasteiger partial charge in [0.15, 0.2) is 0 Å². The third-order valence-electron chi connectivity index (χ3n) is 1.93. The standard InChI is InChI=1S/C7H7NO2.C6H7N/c8-6-3-1-2-5(4-6)7(9)10;7-6-4-2-1-3-5-6/h1-4H,8H2,(H,9,10);1-5H,7H2. The first-order chi connectivity index (χ1) is 8.09. The number of hydrogen-bond acceptors (Lipinski definition) is 3. The van der Waals surface area contributed by atoms with Crippen molar-refractivity contribution in [2.45, 2.75) is 0 Å². The van der Waals surface area contributed by atoms with Crippen molar-refractivity contribution in [2.75, 3.05) is 11.5 Å². The largest absolute Gasteiger partial charge is 0.478 e. The second kappa shape index (κ2) is 6.17. The third kappa shape index (κ3) is 4.70. The molecule has 0 heterocycles. The van der Waals surface area contributed by atoms with Crippen LogP contribution in [0.4, 0.5) is 11.4 Å². The number of carboxylic acids is 1. The summed E-state index contributed by atoms with van der Waals surface area (Å²) in [6.45, 7) is 0. The Morgan fingerprint density at radius 3 is 1.82 bits per heavy atom. The van der Waals surface area contributed by atoms with Crippen molar-refractivity contribution in [3.63, 3.8) is 0 Å². The maximum absolute atomic E-state index is 10.3. The molecule has 88 valence electrons. The van der Waals surface area contributed by atoms with Gasteiger partial charge in [-0.1, -0.05) is 24.3 Å². The monoisotopic (exact) mass is 230 g/mol. The van der Waals surface area contributed by atoms with Crippen molar-refractivity contribution >= 4 is 17.3 Å². The van der Waals surface area contributed by atoms with E-state index in [4.69, 9.17) is 16.6 Å². The van der Waals surface area contributed by atoms with E-state index in [0.29, 0.717) is 5.69 Å². The number of nitrogen functional groups attached to an aromatic ring is 2. The lowest BCUT2D eigenvalue weighted by atomic mass is 10.2. The van der Waals surface area contributed by atoms with Gasteiger partial charge in [0.2, 0.25) is 0 Å². The summed E-state index contributed by atoms with van der Waals surface area (Å²) in [6.07, 6.45) is 0. The quantitative estimate of drug-likeness (QED) is 0.655. The SMILES string of the molecule is Nc1cccc(C(=O)O)c1.Nc1ccccc1. The van der Waals surface area contributed by atoms with Gasteiger partial charge in [0.05, 0.1) is 5.56 Å². The third-order valence-corrected chi connectivity index (χ3v) is 1.93. The molecule has 5 N–H and O–H groups in total. The van der Waals surface area contributed by atoms with E-state index in [1.54, 1.807) is 12.1 Å². The maximum Gasteiger partial charge on any atom is 0.335 e. The van der Waals surface area contributed by atoms with Crippen LogP contribution in [0.5, 0.6) is 0 Å². The van der Waals surface area contributed by atoms with Crippen LogP contribution in [0.3, 0.4) is 0 Å². The van der Waals surface area contributed by atoms with Crippen molar-refractivity contribution in [3.05, 3.63) is 60.2 Å². The zero-order valence-electron chi connectivity index (χ0n) is 9.21. The number of anilines is 2. The van der Waals surface area contributed by atoms with Crippen LogP contribution in [0.2, 0.25) is 0 Å². The van der Waals surface area contributed by atoms with E-state index in [1.165, 1.54) is 12.1 Å². The molecule has 2 aromatic rings. The molecule has 0 aliphatic heterocycles. The number of rotatable bonds is 1. The first kappa shape index (κ1) is 12.6. The van der Waals surface area contributed by atoms with Crippen LogP contribution in [-0.4, -0.2) is 11.1 Å². The fourth-order valence-corrected chi connectivity index (χ4v) is 1.12. The minimum Gasteiger partial charge on any atom is -0.478 e. The Bertz CT molecular complexity index is 484. The van der Waals surface area contributed by atoms with Gasteiger partial charge in [0.25, 0.3) is 0 Å². The number of carboxylic acid groups (broad SMARTS) is 1. The molecule has 0 aliphatic rings. The molecular weight excluding hydrogens is 216 g/mol. The molecule has 0 aromatic heterocycles. The second-order valence-corrected chi connectivity index (χ2v) is 3.34. The van der Waals surface area contributed by atoms with E-state index in [1.807, 2.05) is 30.3 Å². The normalized spacial score (nSPS) is 8.94. The zero-order valence-corrected chi connectivity index (χ0v) is 9.21. The molecule has 2 rings (SSSR count). The molecule has 4 heteroatoms. The van der Waals surface area contributed by atoms with Gasteiger partial charge in [-0.15, -0.1) is 0 Å². The predicted molar refractivity (Wildman–Crippen MR) is 68.7 cm³/mol. The van der Waals surface area contributed by atoms with Gasteiger partial charge in [-0.3, -0.25) is 0 Å². The average molecular weight is 230 g/mol. The van der Waals surface area contributed by atoms with E-state index in [9.17, 15) is 4.79 Å². The molecule has 0 fully saturated rings. The van der Waals surface area contributed by atoms with Gasteiger partial charge in [0.1, 0.15) is 0 Å². The molecule has 0 atom stereocenters. The molecule has 0 bridgehead atoms. The first-order valence-corrected chi connectivity index (χ1v) is 4.99. The van der Waals surface area contributed by atoms with Gasteiger partial charge < -0.3 is 16.6 Å². The Kier molecular flexibility index (Phi) is 4.57. The minimum atomic E-state index is -0.952. The predicted octanol–water partition coefficient (Wildman–Crippen LogP) is 2.24. The summed E-state index contributed by atoms with van der Waals surface area (Å²) in [4.78, 5) is 10.3. The van der Waals surface area contributed by atoms with Crippen molar-refractivity contribution in [3.8, 4) is 0 Å². The molecule has 0 spiro atoms. The molecule has 17 heavy (non-hydrogen) atoms. The number of carbonyl (C=O) groups is 1. The first-order valence-electron chi connectivity index (χ1n) is 4.99. The van der Waals surface area contributed by atoms with Gasteiger partial charge in [-0.05, 0) is 30.3 Å². The maximum atomic E-state index is 10.3. The van der Waals surface area contributed by atoms with E-state index in [-0.39, 0.29) is 5.56 Å². The van der Waals surface area contributed by atoms with E-state index < -0.39 is 5.97 Å². The summed E-state index contributed by atoms with van der Waals surface area (Å²) in [5.74, 6) is -0.952. The van der Waals surface area contributed by atoms with Gasteiger partial charge in [-0.25, -0.2) is 4.79 Å². The molecule has 2 aromatic carbocycles. The Hall–Kier alpha value is -2.49. The lowest BCUT2D eigenvalue weighted by Gasteiger charge is -1.93. The molecule has 0 unspecified atom stereocenters. The van der Waals surface area contributed by atoms with Crippen molar-refractivity contribution < 1.29 is 9.90 Å². The molecule has 0 saturated carbocycles. The summed E-state index contributed by atoms with van der Waals surface area (Å²) in [5.41, 5.74) is 12.2. The van der Waals surface area contributed by atoms with Crippen molar-refractivity contribution in [2.24, 2.45) is 0 Å². The van der Waals surface area contributed by atoms with Crippen LogP contribution in [0.25, 0.3) is 0 Å². The molecule has 0 saturated heterocycles. The highest BCUT2D eigenvalue weighted by molar-refractivity contribution is 5.88. The number of benzene rings is 2. The fourth-order valence-electron chi connectivity index (χ4n) is 1.12. The molecule has 0 aliphatic carbocycles. The smallest absolute Gasteiger partial charge is 0.335 e. The van der Waals surface area contributed by atoms with Crippen LogP contribution in [0, 0.1) is 0 Å². The van der Waals surface area contributed by atoms with Crippen molar-refractivity contribution in [1.82, 2.24) is 0 Å². The highest BCUT2D eigenvalue weighted by Gasteiger charge is 1.99. The second-order valence-electron chi connectivity index (χ2n) is 3.34. The summed E-state index contributed by atoms with van der Waals surface area (Å²) >= 11 is 0. The van der Waals surface area contributed by atoms with Crippen molar-refractivity contribution in [1.29, 1.82) is 0 Å². The van der Waals surface area contributed by atoms with E-state index in [2.05, 4.69) is 0 Å². The van der Waals surface area contributed by atoms with Gasteiger partial charge in [-0.2, -0.15) is 0 Å². The Labute approximate surface area is 99.5 Å². The highest BCUT2D eigenvalue weighted by atomic mass is 16.4. The lowest BCUT2D eigenvalue weighted by molar-refractivity contribution is 0.0697. The number of aromatic carboxylic acids is 1. The number of para-hydroxylation sites is 1. The van der Waals surface area contributed by atoms with Crippen LogP contribution in [0.15, 0.2) is 54.6 Å². The lowest BCUT2D eigenvalue weighted by Crippen LogP contribution is -1.96. The van der Waals surface area contributed by atoms with Crippen LogP contribution in [-0.2, 0) is 0 Å². The van der Waals surface area contributed by atoms with E-state index >= 15 is 0 Å². The molecule has 4 nitrogen and oxygen atoms in total. The topological polar surface area (TPSA) is 89.3 Å². The summed E-state index contributed by atoms with van der Waals surface area (Å²) in [5, 5.41) is 8.45. The highest BCUT2D eigenvalue weighted by Crippen LogP contribution is 2.05. The fraction of sp³-hybridized carbons (Fsp3) is 0. The van der Waals surface area contributed by atoms with E-state index in [0.717, 1.165) is 5.69 Å². The van der Waals surface area contributed by atoms with Gasteiger partial charge in [0, 0.05) is 11.4 Å². The molecule has 0 amide bonds. The zero-order chi connectivity index (χ0) is 12.7. The van der Waals surface area contributed by atoms with Crippen LogP contribution >= 0.6 is 0 Å². The Morgan fingerprint density at radius 2 is 1.47 bits per heavy atom. The average Bonchev–Trinajstić information content (AvgIpc) is 2.31. The summed E-state index contributed by atoms with van der Waals surface area (Å²) < 4.78 is 0.